The summed E-state index contributed by atoms with van der Waals surface area (Å²) < 4.78 is 1.34. The standard InChI is InChI=1S/C18H17N5O5/c1-3-6-22-15-13(17(25)21-18(22)26)7-11(9-19-15)16(24)20-14-8-12(23(27)28)5-4-10(14)2/h4-5,7-9H,3,6H2,1-2H3,(H,20,24)(H,21,25,26). The Morgan fingerprint density at radius 1 is 1.32 bits per heavy atom. The van der Waals surface area contributed by atoms with Gasteiger partial charge in [0.25, 0.3) is 17.2 Å². The van der Waals surface area contributed by atoms with E-state index in [2.05, 4.69) is 15.3 Å². The number of rotatable bonds is 5. The van der Waals surface area contributed by atoms with Gasteiger partial charge in [-0.25, -0.2) is 9.78 Å². The summed E-state index contributed by atoms with van der Waals surface area (Å²) in [4.78, 5) is 53.4. The summed E-state index contributed by atoms with van der Waals surface area (Å²) in [5.41, 5.74) is -0.148. The van der Waals surface area contributed by atoms with Gasteiger partial charge >= 0.3 is 5.69 Å². The molecule has 3 aromatic rings. The maximum Gasteiger partial charge on any atom is 0.329 e. The first-order chi connectivity index (χ1) is 13.3. The van der Waals surface area contributed by atoms with Crippen molar-refractivity contribution in [3.8, 4) is 0 Å². The topological polar surface area (TPSA) is 140 Å². The summed E-state index contributed by atoms with van der Waals surface area (Å²) in [6, 6.07) is 5.47. The van der Waals surface area contributed by atoms with Gasteiger partial charge < -0.3 is 5.32 Å². The third-order valence-corrected chi connectivity index (χ3v) is 4.22. The number of H-pyrrole nitrogens is 1. The van der Waals surface area contributed by atoms with Crippen molar-refractivity contribution in [2.24, 2.45) is 0 Å². The minimum Gasteiger partial charge on any atom is -0.321 e. The first kappa shape index (κ1) is 19.0. The molecule has 0 aliphatic carbocycles. The van der Waals surface area contributed by atoms with Crippen molar-refractivity contribution in [2.75, 3.05) is 5.32 Å². The number of aromatic nitrogens is 3. The normalized spacial score (nSPS) is 10.8. The number of benzene rings is 1. The van der Waals surface area contributed by atoms with E-state index in [1.165, 1.54) is 35.0 Å². The van der Waals surface area contributed by atoms with E-state index in [0.717, 1.165) is 0 Å². The number of pyridine rings is 1. The molecular weight excluding hydrogens is 366 g/mol. The minimum absolute atomic E-state index is 0.0885. The van der Waals surface area contributed by atoms with Gasteiger partial charge in [0.2, 0.25) is 0 Å². The van der Waals surface area contributed by atoms with Crippen LogP contribution in [0.2, 0.25) is 0 Å². The van der Waals surface area contributed by atoms with E-state index >= 15 is 0 Å². The molecule has 0 radical (unpaired) electrons. The first-order valence-corrected chi connectivity index (χ1v) is 8.51. The lowest BCUT2D eigenvalue weighted by atomic mass is 10.1. The van der Waals surface area contributed by atoms with E-state index in [1.807, 2.05) is 6.92 Å². The van der Waals surface area contributed by atoms with Gasteiger partial charge in [-0.15, -0.1) is 0 Å². The highest BCUT2D eigenvalue weighted by Crippen LogP contribution is 2.22. The molecule has 0 fully saturated rings. The van der Waals surface area contributed by atoms with E-state index < -0.39 is 22.1 Å². The predicted molar refractivity (Wildman–Crippen MR) is 103 cm³/mol. The number of nitro benzene ring substituents is 1. The third-order valence-electron chi connectivity index (χ3n) is 4.22. The lowest BCUT2D eigenvalue weighted by molar-refractivity contribution is -0.384. The molecule has 0 aliphatic heterocycles. The van der Waals surface area contributed by atoms with Crippen molar-refractivity contribution in [2.45, 2.75) is 26.8 Å². The average molecular weight is 383 g/mol. The number of anilines is 1. The van der Waals surface area contributed by atoms with Crippen LogP contribution in [0.3, 0.4) is 0 Å². The number of aryl methyl sites for hydroxylation is 2. The maximum atomic E-state index is 12.6. The Bertz CT molecular complexity index is 1210. The van der Waals surface area contributed by atoms with Gasteiger partial charge in [-0.2, -0.15) is 0 Å². The number of nitrogens with one attached hydrogen (secondary N) is 2. The van der Waals surface area contributed by atoms with Gasteiger partial charge in [-0.3, -0.25) is 29.3 Å². The minimum atomic E-state index is -0.638. The zero-order valence-corrected chi connectivity index (χ0v) is 15.2. The van der Waals surface area contributed by atoms with Crippen molar-refractivity contribution < 1.29 is 9.72 Å². The van der Waals surface area contributed by atoms with Gasteiger partial charge in [-0.05, 0) is 25.0 Å². The van der Waals surface area contributed by atoms with E-state index in [1.54, 1.807) is 6.92 Å². The van der Waals surface area contributed by atoms with Crippen molar-refractivity contribution in [1.82, 2.24) is 14.5 Å². The second-order valence-corrected chi connectivity index (χ2v) is 6.22. The molecule has 28 heavy (non-hydrogen) atoms. The molecule has 2 N–H and O–H groups in total. The van der Waals surface area contributed by atoms with Crippen LogP contribution in [0.1, 0.15) is 29.3 Å². The van der Waals surface area contributed by atoms with Crippen LogP contribution >= 0.6 is 0 Å². The summed E-state index contributed by atoms with van der Waals surface area (Å²) in [5, 5.41) is 13.6. The number of hydrogen-bond acceptors (Lipinski definition) is 6. The Hall–Kier alpha value is -3.82. The Kier molecular flexibility index (Phi) is 5.03. The zero-order chi connectivity index (χ0) is 20.4. The number of carbonyl (C=O) groups is 1. The van der Waals surface area contributed by atoms with Crippen LogP contribution in [0, 0.1) is 17.0 Å². The second-order valence-electron chi connectivity index (χ2n) is 6.22. The Morgan fingerprint density at radius 3 is 2.75 bits per heavy atom. The predicted octanol–water partition coefficient (Wildman–Crippen LogP) is 1.96. The number of hydrogen-bond donors (Lipinski definition) is 2. The lowest BCUT2D eigenvalue weighted by Gasteiger charge is -2.10. The monoisotopic (exact) mass is 383 g/mol. The van der Waals surface area contributed by atoms with E-state index in [0.29, 0.717) is 18.5 Å². The molecule has 2 aromatic heterocycles. The fourth-order valence-electron chi connectivity index (χ4n) is 2.78. The summed E-state index contributed by atoms with van der Waals surface area (Å²) in [7, 11) is 0. The van der Waals surface area contributed by atoms with Gasteiger partial charge in [0.15, 0.2) is 0 Å². The number of amides is 1. The number of aromatic amines is 1. The Balaban J connectivity index is 2.02. The van der Waals surface area contributed by atoms with Crippen molar-refractivity contribution >= 4 is 28.3 Å². The molecule has 1 aromatic carbocycles. The molecular formula is C18H17N5O5. The molecule has 10 heteroatoms. The van der Waals surface area contributed by atoms with Gasteiger partial charge in [-0.1, -0.05) is 13.0 Å². The lowest BCUT2D eigenvalue weighted by Crippen LogP contribution is -2.31. The molecule has 2 heterocycles. The molecule has 0 spiro atoms. The molecule has 1 amide bonds. The van der Waals surface area contributed by atoms with E-state index in [4.69, 9.17) is 0 Å². The first-order valence-electron chi connectivity index (χ1n) is 8.51. The van der Waals surface area contributed by atoms with Gasteiger partial charge in [0.05, 0.1) is 21.6 Å². The van der Waals surface area contributed by atoms with Gasteiger partial charge in [0, 0.05) is 24.9 Å². The van der Waals surface area contributed by atoms with Crippen LogP contribution in [0.4, 0.5) is 11.4 Å². The fraction of sp³-hybridized carbons (Fsp3) is 0.222. The second kappa shape index (κ2) is 7.43. The highest BCUT2D eigenvalue weighted by molar-refractivity contribution is 6.06. The maximum absolute atomic E-state index is 12.6. The molecule has 0 aliphatic rings. The van der Waals surface area contributed by atoms with Crippen molar-refractivity contribution in [3.63, 3.8) is 0 Å². The molecule has 0 unspecified atom stereocenters. The number of carbonyl (C=O) groups excluding carboxylic acids is 1. The SMILES string of the molecule is CCCn1c(=O)[nH]c(=O)c2cc(C(=O)Nc3cc([N+](=O)[O-])ccc3C)cnc21. The summed E-state index contributed by atoms with van der Waals surface area (Å²) in [6.45, 7) is 3.95. The Morgan fingerprint density at radius 2 is 2.07 bits per heavy atom. The molecule has 0 atom stereocenters. The molecule has 0 saturated carbocycles. The number of fused-ring (bicyclic) bond motifs is 1. The smallest absolute Gasteiger partial charge is 0.321 e. The van der Waals surface area contributed by atoms with E-state index in [9.17, 15) is 24.5 Å². The van der Waals surface area contributed by atoms with E-state index in [-0.39, 0.29) is 28.0 Å². The molecule has 0 saturated heterocycles. The fourth-order valence-corrected chi connectivity index (χ4v) is 2.78. The van der Waals surface area contributed by atoms with Crippen molar-refractivity contribution in [3.05, 3.63) is 72.5 Å². The van der Waals surface area contributed by atoms with Crippen LogP contribution in [0.25, 0.3) is 11.0 Å². The highest BCUT2D eigenvalue weighted by Gasteiger charge is 2.15. The molecule has 0 bridgehead atoms. The van der Waals surface area contributed by atoms with Crippen LogP contribution in [-0.4, -0.2) is 25.4 Å². The quantitative estimate of drug-likeness (QED) is 0.510. The van der Waals surface area contributed by atoms with Crippen LogP contribution in [-0.2, 0) is 6.54 Å². The molecule has 3 rings (SSSR count). The summed E-state index contributed by atoms with van der Waals surface area (Å²) in [5.74, 6) is -0.578. The number of nitro groups is 1. The van der Waals surface area contributed by atoms with Crippen molar-refractivity contribution in [1.29, 1.82) is 0 Å². The third kappa shape index (κ3) is 3.52. The zero-order valence-electron chi connectivity index (χ0n) is 15.2. The molecule has 144 valence electrons. The molecule has 10 nitrogen and oxygen atoms in total. The van der Waals surface area contributed by atoms with Gasteiger partial charge in [0.1, 0.15) is 5.65 Å². The van der Waals surface area contributed by atoms with Crippen LogP contribution < -0.4 is 16.6 Å². The highest BCUT2D eigenvalue weighted by atomic mass is 16.6. The number of non-ortho nitro benzene ring substituents is 1. The Labute approximate surface area is 158 Å². The van der Waals surface area contributed by atoms with Crippen LogP contribution in [0.15, 0.2) is 40.1 Å². The average Bonchev–Trinajstić information content (AvgIpc) is 2.66. The summed E-state index contributed by atoms with van der Waals surface area (Å²) in [6.07, 6.45) is 1.92. The largest absolute Gasteiger partial charge is 0.329 e. The number of nitrogens with zero attached hydrogens (tertiary/aromatic N) is 3. The van der Waals surface area contributed by atoms with Crippen LogP contribution in [0.5, 0.6) is 0 Å². The summed E-state index contributed by atoms with van der Waals surface area (Å²) >= 11 is 0.